The van der Waals surface area contributed by atoms with Crippen LogP contribution in [0.2, 0.25) is 0 Å². The van der Waals surface area contributed by atoms with Gasteiger partial charge in [-0.25, -0.2) is 4.39 Å². The normalized spacial score (nSPS) is 18.1. The van der Waals surface area contributed by atoms with E-state index in [1.54, 1.807) is 55.3 Å². The van der Waals surface area contributed by atoms with Gasteiger partial charge < -0.3 is 20.0 Å². The Labute approximate surface area is 227 Å². The molecule has 7 nitrogen and oxygen atoms in total. The fourth-order valence-corrected chi connectivity index (χ4v) is 5.43. The molecule has 8 heteroatoms. The Bertz CT molecular complexity index is 1320. The number of hydrogen-bond acceptors (Lipinski definition) is 6. The minimum absolute atomic E-state index is 0.0533. The molecule has 1 heterocycles. The number of phenolic OH excluding ortho intramolecular Hbond substituents is 2. The number of likely N-dealkylation sites (tertiary alicyclic amines) is 1. The highest BCUT2D eigenvalue weighted by Gasteiger charge is 2.45. The van der Waals surface area contributed by atoms with E-state index in [2.05, 4.69) is 0 Å². The summed E-state index contributed by atoms with van der Waals surface area (Å²) in [6.07, 6.45) is 0. The van der Waals surface area contributed by atoms with Crippen molar-refractivity contribution in [2.45, 2.75) is 19.8 Å². The van der Waals surface area contributed by atoms with E-state index in [1.807, 2.05) is 4.90 Å². The molecule has 1 fully saturated rings. The van der Waals surface area contributed by atoms with Gasteiger partial charge in [0.25, 0.3) is 0 Å². The zero-order valence-electron chi connectivity index (χ0n) is 22.3. The maximum absolute atomic E-state index is 14.8. The lowest BCUT2D eigenvalue weighted by Gasteiger charge is -2.44. The highest BCUT2D eigenvalue weighted by Crippen LogP contribution is 2.42. The number of amides is 1. The number of benzene rings is 3. The number of carbonyl (C=O) groups is 3. The Morgan fingerprint density at radius 2 is 1.41 bits per heavy atom. The second-order valence-electron chi connectivity index (χ2n) is 10.2. The highest BCUT2D eigenvalue weighted by molar-refractivity contribution is 6.02. The first kappa shape index (κ1) is 28.0. The first-order valence-corrected chi connectivity index (χ1v) is 12.9. The average molecular weight is 533 g/mol. The number of phenols is 2. The molecule has 0 bridgehead atoms. The lowest BCUT2D eigenvalue weighted by atomic mass is 9.67. The molecule has 2 N–H and O–H groups in total. The molecule has 3 aromatic carbocycles. The number of rotatable bonds is 8. The summed E-state index contributed by atoms with van der Waals surface area (Å²) in [7, 11) is 1.69. The summed E-state index contributed by atoms with van der Waals surface area (Å²) in [5.41, 5.74) is 1.54. The number of likely N-dealkylation sites (N-methyl/N-ethyl adjacent to an activating group) is 1. The smallest absolute Gasteiger partial charge is 0.219 e. The highest BCUT2D eigenvalue weighted by atomic mass is 19.1. The molecule has 0 aliphatic carbocycles. The monoisotopic (exact) mass is 532 g/mol. The molecule has 1 saturated heterocycles. The van der Waals surface area contributed by atoms with Crippen molar-refractivity contribution in [1.82, 2.24) is 9.80 Å². The molecule has 0 aromatic heterocycles. The lowest BCUT2D eigenvalue weighted by molar-refractivity contribution is -0.127. The first-order chi connectivity index (χ1) is 18.6. The number of carbonyl (C=O) groups excluding carboxylic acids is 3. The molecule has 1 amide bonds. The lowest BCUT2D eigenvalue weighted by Crippen LogP contribution is -2.52. The summed E-state index contributed by atoms with van der Waals surface area (Å²) in [5, 5.41) is 20.1. The van der Waals surface area contributed by atoms with E-state index in [1.165, 1.54) is 37.3 Å². The number of piperidine rings is 1. The molecule has 0 saturated carbocycles. The van der Waals surface area contributed by atoms with Gasteiger partial charge in [-0.2, -0.15) is 0 Å². The van der Waals surface area contributed by atoms with Crippen molar-refractivity contribution < 1.29 is 29.0 Å². The minimum atomic E-state index is -0.741. The summed E-state index contributed by atoms with van der Waals surface area (Å²) in [4.78, 5) is 43.4. The van der Waals surface area contributed by atoms with Crippen molar-refractivity contribution in [3.63, 3.8) is 0 Å². The number of nitrogens with zero attached hydrogens (tertiary/aromatic N) is 2. The Balaban J connectivity index is 1.83. The average Bonchev–Trinajstić information content (AvgIpc) is 2.92. The number of Topliss-reactive ketones (excluding diaryl/α,β-unsaturated/α-hetero) is 2. The molecule has 39 heavy (non-hydrogen) atoms. The first-order valence-electron chi connectivity index (χ1n) is 12.9. The Kier molecular flexibility index (Phi) is 8.45. The Hall–Kier alpha value is -4.04. The van der Waals surface area contributed by atoms with Crippen molar-refractivity contribution in [1.29, 1.82) is 0 Å². The number of aromatic hydroxyl groups is 2. The summed E-state index contributed by atoms with van der Waals surface area (Å²) in [6.45, 7) is 4.51. The molecular formula is C31H33FN2O5. The summed E-state index contributed by atoms with van der Waals surface area (Å²) < 4.78 is 14.8. The van der Waals surface area contributed by atoms with E-state index >= 15 is 0 Å². The quantitative estimate of drug-likeness (QED) is 0.417. The molecule has 204 valence electrons. The predicted molar refractivity (Wildman–Crippen MR) is 145 cm³/mol. The van der Waals surface area contributed by atoms with Gasteiger partial charge in [-0.3, -0.25) is 14.4 Å². The van der Waals surface area contributed by atoms with Crippen molar-refractivity contribution in [2.75, 3.05) is 33.2 Å². The molecule has 2 atom stereocenters. The third kappa shape index (κ3) is 6.17. The van der Waals surface area contributed by atoms with E-state index in [-0.39, 0.29) is 42.1 Å². The van der Waals surface area contributed by atoms with Crippen LogP contribution in [0.25, 0.3) is 0 Å². The maximum atomic E-state index is 14.8. The van der Waals surface area contributed by atoms with E-state index in [4.69, 9.17) is 0 Å². The summed E-state index contributed by atoms with van der Waals surface area (Å²) >= 11 is 0. The van der Waals surface area contributed by atoms with Crippen molar-refractivity contribution >= 4 is 17.5 Å². The SMILES string of the molecule is CC(=O)N(C)CCN1C[C@H](C(=O)c2cccc(O)c2)C(c2cccc(F)c2C)[C@@H](C(=O)c2cccc(O)c2)C1. The van der Waals surface area contributed by atoms with Crippen LogP contribution in [0.3, 0.4) is 0 Å². The van der Waals surface area contributed by atoms with Crippen molar-refractivity contribution in [3.8, 4) is 11.5 Å². The van der Waals surface area contributed by atoms with E-state index in [9.17, 15) is 29.0 Å². The predicted octanol–water partition coefficient (Wildman–Crippen LogP) is 4.42. The molecule has 1 aliphatic heterocycles. The molecule has 1 aliphatic rings. The van der Waals surface area contributed by atoms with Crippen LogP contribution in [0, 0.1) is 24.6 Å². The fraction of sp³-hybridized carbons (Fsp3) is 0.323. The topological polar surface area (TPSA) is 98.2 Å². The van der Waals surface area contributed by atoms with Crippen LogP contribution in [0.1, 0.15) is 44.7 Å². The van der Waals surface area contributed by atoms with Crippen LogP contribution in [0.5, 0.6) is 11.5 Å². The standard InChI is InChI=1S/C31H33FN2O5/c1-19-25(11-6-12-28(19)32)29-26(30(38)21-7-4-9-23(36)15-21)17-34(14-13-33(3)20(2)35)18-27(29)31(39)22-8-5-10-24(37)16-22/h4-12,15-16,26-27,29,36-37H,13-14,17-18H2,1-3H3/t26-,27-/m0/s1. The van der Waals surface area contributed by atoms with Gasteiger partial charge in [0, 0.05) is 69.0 Å². The number of hydrogen-bond donors (Lipinski definition) is 2. The number of halogens is 1. The van der Waals surface area contributed by atoms with Gasteiger partial charge >= 0.3 is 0 Å². The zero-order valence-corrected chi connectivity index (χ0v) is 22.3. The second kappa shape index (κ2) is 11.8. The summed E-state index contributed by atoms with van der Waals surface area (Å²) in [5.74, 6) is -3.30. The van der Waals surface area contributed by atoms with Gasteiger partial charge in [-0.15, -0.1) is 0 Å². The van der Waals surface area contributed by atoms with Gasteiger partial charge in [0.05, 0.1) is 0 Å². The van der Waals surface area contributed by atoms with Gasteiger partial charge in [0.2, 0.25) is 5.91 Å². The zero-order chi connectivity index (χ0) is 28.3. The van der Waals surface area contributed by atoms with E-state index in [0.717, 1.165) is 0 Å². The third-order valence-electron chi connectivity index (χ3n) is 7.67. The van der Waals surface area contributed by atoms with Crippen LogP contribution >= 0.6 is 0 Å². The van der Waals surface area contributed by atoms with Gasteiger partial charge in [0.1, 0.15) is 17.3 Å². The van der Waals surface area contributed by atoms with Gasteiger partial charge in [-0.1, -0.05) is 36.4 Å². The molecule has 0 unspecified atom stereocenters. The van der Waals surface area contributed by atoms with Crippen LogP contribution in [0.15, 0.2) is 66.7 Å². The van der Waals surface area contributed by atoms with Crippen LogP contribution in [-0.2, 0) is 4.79 Å². The van der Waals surface area contributed by atoms with Crippen molar-refractivity contribution in [3.05, 3.63) is 94.8 Å². The molecule has 0 spiro atoms. The molecule has 4 rings (SSSR count). The minimum Gasteiger partial charge on any atom is -0.508 e. The number of ketones is 2. The largest absolute Gasteiger partial charge is 0.508 e. The van der Waals surface area contributed by atoms with Gasteiger partial charge in [-0.05, 0) is 48.4 Å². The van der Waals surface area contributed by atoms with Crippen LogP contribution < -0.4 is 0 Å². The Morgan fingerprint density at radius 3 is 1.90 bits per heavy atom. The van der Waals surface area contributed by atoms with Crippen molar-refractivity contribution in [2.24, 2.45) is 11.8 Å². The molecule has 0 radical (unpaired) electrons. The van der Waals surface area contributed by atoms with Crippen LogP contribution in [0.4, 0.5) is 4.39 Å². The summed E-state index contributed by atoms with van der Waals surface area (Å²) in [6, 6.07) is 16.8. The van der Waals surface area contributed by atoms with Crippen LogP contribution in [-0.4, -0.2) is 70.7 Å². The maximum Gasteiger partial charge on any atom is 0.219 e. The van der Waals surface area contributed by atoms with E-state index in [0.29, 0.717) is 35.3 Å². The van der Waals surface area contributed by atoms with Gasteiger partial charge in [0.15, 0.2) is 11.6 Å². The Morgan fingerprint density at radius 1 is 0.897 bits per heavy atom. The molecular weight excluding hydrogens is 499 g/mol. The molecule has 3 aromatic rings. The second-order valence-corrected chi connectivity index (χ2v) is 10.2. The fourth-order valence-electron chi connectivity index (χ4n) is 5.43. The van der Waals surface area contributed by atoms with E-state index < -0.39 is 23.6 Å². The third-order valence-corrected chi connectivity index (χ3v) is 7.67.